The van der Waals surface area contributed by atoms with Gasteiger partial charge in [0.15, 0.2) is 0 Å². The third-order valence-corrected chi connectivity index (χ3v) is 2.64. The van der Waals surface area contributed by atoms with E-state index in [4.69, 9.17) is 15.9 Å². The summed E-state index contributed by atoms with van der Waals surface area (Å²) in [6, 6.07) is 2.46. The van der Waals surface area contributed by atoms with Crippen LogP contribution in [0.25, 0.3) is 0 Å². The highest BCUT2D eigenvalue weighted by Gasteiger charge is 2.25. The van der Waals surface area contributed by atoms with Crippen molar-refractivity contribution in [1.29, 1.82) is 0 Å². The molecule has 0 radical (unpaired) electrons. The van der Waals surface area contributed by atoms with Gasteiger partial charge in [-0.15, -0.1) is 0 Å². The van der Waals surface area contributed by atoms with Crippen LogP contribution >= 0.6 is 0 Å². The molecule has 1 aromatic heterocycles. The number of aromatic nitrogens is 2. The normalized spacial score (nSPS) is 14.2. The zero-order valence-electron chi connectivity index (χ0n) is 11.4. The highest BCUT2D eigenvalue weighted by atomic mass is 16.4. The van der Waals surface area contributed by atoms with Crippen LogP contribution in [-0.4, -0.2) is 58.3 Å². The largest absolute Gasteiger partial charge is 0.478 e. The van der Waals surface area contributed by atoms with Crippen LogP contribution in [0.1, 0.15) is 0 Å². The number of aliphatic carboxylic acids is 2. The monoisotopic (exact) mass is 295 g/mol. The SMILES string of the molecule is CNC1CN(c2ccnc(N)n2)C1.O=C(O)/C=C/C(=O)O. The Kier molecular flexibility index (Phi) is 6.08. The molecule has 1 saturated heterocycles. The molecule has 1 aromatic rings. The first-order valence-electron chi connectivity index (χ1n) is 6.07. The van der Waals surface area contributed by atoms with Crippen molar-refractivity contribution < 1.29 is 19.8 Å². The Morgan fingerprint density at radius 3 is 2.38 bits per heavy atom. The molecule has 21 heavy (non-hydrogen) atoms. The number of rotatable bonds is 4. The Balaban J connectivity index is 0.000000240. The molecule has 0 unspecified atom stereocenters. The second kappa shape index (κ2) is 7.80. The fraction of sp³-hybridized carbons (Fsp3) is 0.333. The Bertz CT molecular complexity index is 512. The molecule has 0 atom stereocenters. The summed E-state index contributed by atoms with van der Waals surface area (Å²) >= 11 is 0. The summed E-state index contributed by atoms with van der Waals surface area (Å²) in [6.45, 7) is 1.99. The van der Waals surface area contributed by atoms with E-state index in [9.17, 15) is 9.59 Å². The van der Waals surface area contributed by atoms with Gasteiger partial charge in [0.2, 0.25) is 5.95 Å². The summed E-state index contributed by atoms with van der Waals surface area (Å²) in [6.07, 6.45) is 2.80. The second-order valence-corrected chi connectivity index (χ2v) is 4.17. The Labute approximate surface area is 121 Å². The molecule has 2 heterocycles. The first-order valence-corrected chi connectivity index (χ1v) is 6.07. The molecule has 0 aliphatic carbocycles. The van der Waals surface area contributed by atoms with E-state index in [0.717, 1.165) is 18.9 Å². The smallest absolute Gasteiger partial charge is 0.328 e. The number of nitrogens with zero attached hydrogens (tertiary/aromatic N) is 3. The topological polar surface area (TPSA) is 142 Å². The van der Waals surface area contributed by atoms with Gasteiger partial charge in [0.1, 0.15) is 5.82 Å². The van der Waals surface area contributed by atoms with Crippen LogP contribution in [0.5, 0.6) is 0 Å². The predicted octanol–water partition coefficient (Wildman–Crippen LogP) is -0.821. The predicted molar refractivity (Wildman–Crippen MR) is 75.9 cm³/mol. The summed E-state index contributed by atoms with van der Waals surface area (Å²) in [5, 5.41) is 18.8. The van der Waals surface area contributed by atoms with Crippen LogP contribution in [0.2, 0.25) is 0 Å². The summed E-state index contributed by atoms with van der Waals surface area (Å²) in [4.78, 5) is 29.2. The summed E-state index contributed by atoms with van der Waals surface area (Å²) in [7, 11) is 1.97. The lowest BCUT2D eigenvalue weighted by molar-refractivity contribution is -0.134. The van der Waals surface area contributed by atoms with Crippen molar-refractivity contribution in [2.45, 2.75) is 6.04 Å². The number of carboxylic acids is 2. The lowest BCUT2D eigenvalue weighted by Crippen LogP contribution is -2.57. The molecule has 114 valence electrons. The van der Waals surface area contributed by atoms with Gasteiger partial charge in [-0.3, -0.25) is 0 Å². The van der Waals surface area contributed by atoms with Crippen molar-refractivity contribution in [1.82, 2.24) is 15.3 Å². The molecule has 0 aromatic carbocycles. The van der Waals surface area contributed by atoms with Crippen molar-refractivity contribution in [3.63, 3.8) is 0 Å². The fourth-order valence-electron chi connectivity index (χ4n) is 1.53. The van der Waals surface area contributed by atoms with Crippen LogP contribution in [0.15, 0.2) is 24.4 Å². The number of hydrogen-bond acceptors (Lipinski definition) is 7. The molecule has 0 saturated carbocycles. The van der Waals surface area contributed by atoms with Gasteiger partial charge in [-0.25, -0.2) is 14.6 Å². The van der Waals surface area contributed by atoms with Crippen LogP contribution in [0, 0.1) is 0 Å². The zero-order chi connectivity index (χ0) is 15.8. The van der Waals surface area contributed by atoms with E-state index in [1.165, 1.54) is 0 Å². The number of nitrogen functional groups attached to an aromatic ring is 1. The molecule has 1 aliphatic rings. The van der Waals surface area contributed by atoms with E-state index in [0.29, 0.717) is 24.1 Å². The van der Waals surface area contributed by atoms with Crippen LogP contribution in [-0.2, 0) is 9.59 Å². The van der Waals surface area contributed by atoms with Gasteiger partial charge >= 0.3 is 11.9 Å². The minimum atomic E-state index is -1.26. The van der Waals surface area contributed by atoms with E-state index >= 15 is 0 Å². The van der Waals surface area contributed by atoms with Gasteiger partial charge in [-0.05, 0) is 13.1 Å². The Morgan fingerprint density at radius 2 is 1.95 bits per heavy atom. The Hall–Kier alpha value is -2.68. The summed E-state index contributed by atoms with van der Waals surface area (Å²) in [5.74, 6) is -1.26. The highest BCUT2D eigenvalue weighted by molar-refractivity contribution is 5.89. The molecule has 1 aliphatic heterocycles. The number of anilines is 2. The van der Waals surface area contributed by atoms with Gasteiger partial charge in [0.25, 0.3) is 0 Å². The van der Waals surface area contributed by atoms with Crippen molar-refractivity contribution in [3.05, 3.63) is 24.4 Å². The van der Waals surface area contributed by atoms with Crippen molar-refractivity contribution in [3.8, 4) is 0 Å². The van der Waals surface area contributed by atoms with Crippen LogP contribution in [0.4, 0.5) is 11.8 Å². The number of carboxylic acid groups (broad SMARTS) is 2. The number of hydrogen-bond donors (Lipinski definition) is 4. The molecule has 9 heteroatoms. The molecule has 0 bridgehead atoms. The second-order valence-electron chi connectivity index (χ2n) is 4.17. The number of nitrogens with two attached hydrogens (primary N) is 1. The maximum absolute atomic E-state index is 9.55. The van der Waals surface area contributed by atoms with Crippen molar-refractivity contribution in [2.75, 3.05) is 30.8 Å². The van der Waals surface area contributed by atoms with Gasteiger partial charge in [-0.2, -0.15) is 4.98 Å². The van der Waals surface area contributed by atoms with E-state index in [-0.39, 0.29) is 0 Å². The summed E-state index contributed by atoms with van der Waals surface area (Å²) < 4.78 is 0. The first-order chi connectivity index (χ1) is 9.92. The average Bonchev–Trinajstić information content (AvgIpc) is 2.36. The molecule has 5 N–H and O–H groups in total. The standard InChI is InChI=1S/C8H13N5.C4H4O4/c1-10-6-4-13(5-6)7-2-3-11-8(9)12-7;5-3(6)1-2-4(7)8/h2-3,6,10H,4-5H2,1H3,(H2,9,11,12);1-2H,(H,5,6)(H,7,8)/b;2-1+. The summed E-state index contributed by atoms with van der Waals surface area (Å²) in [5.41, 5.74) is 5.48. The van der Waals surface area contributed by atoms with Gasteiger partial charge in [-0.1, -0.05) is 0 Å². The minimum absolute atomic E-state index is 0.338. The lowest BCUT2D eigenvalue weighted by Gasteiger charge is -2.39. The highest BCUT2D eigenvalue weighted by Crippen LogP contribution is 2.17. The molecule has 0 amide bonds. The van der Waals surface area contributed by atoms with Gasteiger partial charge in [0, 0.05) is 37.5 Å². The number of nitrogens with one attached hydrogen (secondary N) is 1. The van der Waals surface area contributed by atoms with Crippen molar-refractivity contribution >= 4 is 23.7 Å². The van der Waals surface area contributed by atoms with Crippen molar-refractivity contribution in [2.24, 2.45) is 0 Å². The third-order valence-electron chi connectivity index (χ3n) is 2.64. The first kappa shape index (κ1) is 16.4. The van der Waals surface area contributed by atoms with E-state index in [1.807, 2.05) is 13.1 Å². The maximum atomic E-state index is 9.55. The Morgan fingerprint density at radius 1 is 1.38 bits per heavy atom. The zero-order valence-corrected chi connectivity index (χ0v) is 11.4. The van der Waals surface area contributed by atoms with E-state index in [2.05, 4.69) is 20.2 Å². The lowest BCUT2D eigenvalue weighted by atomic mass is 10.1. The van der Waals surface area contributed by atoms with Gasteiger partial charge in [0.05, 0.1) is 0 Å². The molecular weight excluding hydrogens is 278 g/mol. The molecule has 9 nitrogen and oxygen atoms in total. The average molecular weight is 295 g/mol. The number of likely N-dealkylation sites (N-methyl/N-ethyl adjacent to an activating group) is 1. The van der Waals surface area contributed by atoms with Crippen LogP contribution in [0.3, 0.4) is 0 Å². The maximum Gasteiger partial charge on any atom is 0.328 e. The molecule has 1 fully saturated rings. The van der Waals surface area contributed by atoms with Gasteiger partial charge < -0.3 is 26.2 Å². The molecular formula is C12H17N5O4. The fourth-order valence-corrected chi connectivity index (χ4v) is 1.53. The van der Waals surface area contributed by atoms with E-state index < -0.39 is 11.9 Å². The minimum Gasteiger partial charge on any atom is -0.478 e. The molecule has 0 spiro atoms. The third kappa shape index (κ3) is 5.87. The quantitative estimate of drug-likeness (QED) is 0.524. The van der Waals surface area contributed by atoms with E-state index in [1.54, 1.807) is 6.20 Å². The molecule has 2 rings (SSSR count). The van der Waals surface area contributed by atoms with Crippen LogP contribution < -0.4 is 16.0 Å². The number of carbonyl (C=O) groups is 2.